The molecule has 2 rings (SSSR count). The Morgan fingerprint density at radius 2 is 1.74 bits per heavy atom. The van der Waals surface area contributed by atoms with Gasteiger partial charge in [-0.3, -0.25) is 4.79 Å². The molecule has 1 amide bonds. The van der Waals surface area contributed by atoms with E-state index in [1.54, 1.807) is 0 Å². The molecular formula is C19H30N2O2. The van der Waals surface area contributed by atoms with Crippen molar-refractivity contribution in [1.29, 1.82) is 0 Å². The molecule has 1 aliphatic carbocycles. The van der Waals surface area contributed by atoms with Crippen molar-refractivity contribution in [2.75, 3.05) is 13.2 Å². The number of carbonyl (C=O) groups excluding carboxylic acids is 1. The lowest BCUT2D eigenvalue weighted by Gasteiger charge is -2.22. The third kappa shape index (κ3) is 6.71. The van der Waals surface area contributed by atoms with Crippen molar-refractivity contribution in [2.24, 2.45) is 0 Å². The van der Waals surface area contributed by atoms with E-state index in [4.69, 9.17) is 0 Å². The molecule has 1 atom stereocenters. The van der Waals surface area contributed by atoms with Gasteiger partial charge in [0.15, 0.2) is 0 Å². The van der Waals surface area contributed by atoms with Crippen LogP contribution in [-0.2, 0) is 4.79 Å². The Morgan fingerprint density at radius 3 is 2.39 bits per heavy atom. The molecule has 1 aromatic carbocycles. The number of carbonyl (C=O) groups is 1. The largest absolute Gasteiger partial charge is 0.396 e. The minimum absolute atomic E-state index is 0.0179. The molecule has 1 aliphatic rings. The van der Waals surface area contributed by atoms with Gasteiger partial charge in [-0.2, -0.15) is 0 Å². The second-order valence-electron chi connectivity index (χ2n) is 6.47. The van der Waals surface area contributed by atoms with E-state index in [1.165, 1.54) is 32.1 Å². The van der Waals surface area contributed by atoms with Crippen LogP contribution in [0, 0.1) is 0 Å². The van der Waals surface area contributed by atoms with E-state index in [0.717, 1.165) is 18.4 Å². The van der Waals surface area contributed by atoms with E-state index in [-0.39, 0.29) is 18.6 Å². The van der Waals surface area contributed by atoms with Crippen molar-refractivity contribution in [3.05, 3.63) is 35.9 Å². The van der Waals surface area contributed by atoms with Crippen molar-refractivity contribution < 1.29 is 9.90 Å². The molecule has 0 aliphatic heterocycles. The zero-order valence-electron chi connectivity index (χ0n) is 14.0. The maximum atomic E-state index is 12.2. The van der Waals surface area contributed by atoms with Crippen molar-refractivity contribution in [3.63, 3.8) is 0 Å². The number of rotatable bonds is 7. The second kappa shape index (κ2) is 10.4. The average Bonchev–Trinajstić information content (AvgIpc) is 2.54. The minimum atomic E-state index is 0.0179. The molecule has 4 nitrogen and oxygen atoms in total. The highest BCUT2D eigenvalue weighted by Gasteiger charge is 2.16. The van der Waals surface area contributed by atoms with Crippen molar-refractivity contribution >= 4 is 5.91 Å². The summed E-state index contributed by atoms with van der Waals surface area (Å²) in [6, 6.07) is 10.3. The van der Waals surface area contributed by atoms with Crippen molar-refractivity contribution in [1.82, 2.24) is 10.6 Å². The third-order valence-corrected chi connectivity index (χ3v) is 4.60. The summed E-state index contributed by atoms with van der Waals surface area (Å²) in [6.07, 6.45) is 9.16. The van der Waals surface area contributed by atoms with Crippen LogP contribution in [0.1, 0.15) is 63.0 Å². The lowest BCUT2D eigenvalue weighted by Crippen LogP contribution is -2.41. The molecule has 0 saturated heterocycles. The Balaban J connectivity index is 1.79. The highest BCUT2D eigenvalue weighted by Crippen LogP contribution is 2.17. The monoisotopic (exact) mass is 318 g/mol. The number of benzene rings is 1. The first-order valence-corrected chi connectivity index (χ1v) is 8.98. The van der Waals surface area contributed by atoms with E-state index < -0.39 is 0 Å². The lowest BCUT2D eigenvalue weighted by molar-refractivity contribution is -0.121. The lowest BCUT2D eigenvalue weighted by atomic mass is 9.97. The molecule has 1 fully saturated rings. The van der Waals surface area contributed by atoms with Crippen LogP contribution in [0.15, 0.2) is 30.3 Å². The third-order valence-electron chi connectivity index (χ3n) is 4.60. The fraction of sp³-hybridized carbons (Fsp3) is 0.632. The van der Waals surface area contributed by atoms with Gasteiger partial charge in [0.25, 0.3) is 0 Å². The van der Waals surface area contributed by atoms with Crippen molar-refractivity contribution in [3.8, 4) is 0 Å². The van der Waals surface area contributed by atoms with Crippen LogP contribution in [-0.4, -0.2) is 30.2 Å². The van der Waals surface area contributed by atoms with Crippen LogP contribution in [0.25, 0.3) is 0 Å². The molecule has 4 heteroatoms. The first-order chi connectivity index (χ1) is 11.3. The Morgan fingerprint density at radius 1 is 1.09 bits per heavy atom. The summed E-state index contributed by atoms with van der Waals surface area (Å²) in [5.41, 5.74) is 1.11. The highest BCUT2D eigenvalue weighted by atomic mass is 16.3. The Labute approximate surface area is 139 Å². The zero-order chi connectivity index (χ0) is 16.3. The number of amides is 1. The van der Waals surface area contributed by atoms with Crippen LogP contribution in [0.4, 0.5) is 0 Å². The summed E-state index contributed by atoms with van der Waals surface area (Å²) in [7, 11) is 0. The van der Waals surface area contributed by atoms with Crippen LogP contribution in [0.2, 0.25) is 0 Å². The van der Waals surface area contributed by atoms with E-state index in [1.807, 2.05) is 30.3 Å². The van der Waals surface area contributed by atoms with Crippen LogP contribution in [0.5, 0.6) is 0 Å². The maximum Gasteiger partial charge on any atom is 0.234 e. The van der Waals surface area contributed by atoms with Crippen LogP contribution >= 0.6 is 0 Å². The summed E-state index contributed by atoms with van der Waals surface area (Å²) >= 11 is 0. The quantitative estimate of drug-likeness (QED) is 0.724. The molecule has 0 heterocycles. The molecule has 0 radical (unpaired) electrons. The predicted molar refractivity (Wildman–Crippen MR) is 93.1 cm³/mol. The van der Waals surface area contributed by atoms with Gasteiger partial charge in [0.1, 0.15) is 0 Å². The van der Waals surface area contributed by atoms with E-state index in [9.17, 15) is 9.90 Å². The summed E-state index contributed by atoms with van der Waals surface area (Å²) in [4.78, 5) is 12.2. The topological polar surface area (TPSA) is 61.4 Å². The van der Waals surface area contributed by atoms with Gasteiger partial charge in [-0.15, -0.1) is 0 Å². The number of nitrogens with one attached hydrogen (secondary N) is 2. The minimum Gasteiger partial charge on any atom is -0.396 e. The molecule has 0 bridgehead atoms. The van der Waals surface area contributed by atoms with Gasteiger partial charge in [0, 0.05) is 18.7 Å². The Bertz CT molecular complexity index is 442. The van der Waals surface area contributed by atoms with Gasteiger partial charge in [-0.05, 0) is 24.8 Å². The fourth-order valence-corrected chi connectivity index (χ4v) is 3.30. The van der Waals surface area contributed by atoms with E-state index in [0.29, 0.717) is 19.0 Å². The Hall–Kier alpha value is -1.39. The summed E-state index contributed by atoms with van der Waals surface area (Å²) in [5, 5.41) is 15.7. The number of aliphatic hydroxyl groups is 1. The van der Waals surface area contributed by atoms with Crippen LogP contribution < -0.4 is 10.6 Å². The van der Waals surface area contributed by atoms with Crippen molar-refractivity contribution in [2.45, 2.75) is 63.5 Å². The number of hydrogen-bond donors (Lipinski definition) is 3. The first-order valence-electron chi connectivity index (χ1n) is 8.98. The predicted octanol–water partition coefficient (Wildman–Crippen LogP) is 2.93. The fourth-order valence-electron chi connectivity index (χ4n) is 3.30. The number of hydrogen-bond acceptors (Lipinski definition) is 3. The number of aliphatic hydroxyl groups excluding tert-OH is 1. The summed E-state index contributed by atoms with van der Waals surface area (Å²) in [5.74, 6) is 0.0643. The van der Waals surface area contributed by atoms with Gasteiger partial charge in [-0.1, -0.05) is 62.4 Å². The molecule has 3 N–H and O–H groups in total. The standard InChI is InChI=1S/C19H30N2O2/c22-14-13-18(16-9-5-4-6-10-16)20-15-19(23)21-17-11-7-2-1-3-8-12-17/h4-6,9-10,17-18,20,22H,1-3,7-8,11-15H2,(H,21,23). The van der Waals surface area contributed by atoms with E-state index in [2.05, 4.69) is 10.6 Å². The van der Waals surface area contributed by atoms with Gasteiger partial charge < -0.3 is 15.7 Å². The van der Waals surface area contributed by atoms with Gasteiger partial charge in [0.2, 0.25) is 5.91 Å². The molecule has 0 spiro atoms. The second-order valence-corrected chi connectivity index (χ2v) is 6.47. The summed E-state index contributed by atoms with van der Waals surface area (Å²) in [6.45, 7) is 0.410. The molecule has 1 unspecified atom stereocenters. The normalized spacial score (nSPS) is 18.0. The van der Waals surface area contributed by atoms with Gasteiger partial charge >= 0.3 is 0 Å². The molecule has 1 aromatic rings. The van der Waals surface area contributed by atoms with Crippen LogP contribution in [0.3, 0.4) is 0 Å². The molecule has 23 heavy (non-hydrogen) atoms. The highest BCUT2D eigenvalue weighted by molar-refractivity contribution is 5.78. The smallest absolute Gasteiger partial charge is 0.234 e. The maximum absolute atomic E-state index is 12.2. The molecule has 0 aromatic heterocycles. The van der Waals surface area contributed by atoms with Gasteiger partial charge in [-0.25, -0.2) is 0 Å². The molecular weight excluding hydrogens is 288 g/mol. The van der Waals surface area contributed by atoms with Gasteiger partial charge in [0.05, 0.1) is 6.54 Å². The average molecular weight is 318 g/mol. The summed E-state index contributed by atoms with van der Waals surface area (Å²) < 4.78 is 0. The Kier molecular flexibility index (Phi) is 8.12. The SMILES string of the molecule is O=C(CNC(CCO)c1ccccc1)NC1CCCCCCC1. The molecule has 1 saturated carbocycles. The first kappa shape index (κ1) is 18.0. The van der Waals surface area contributed by atoms with E-state index >= 15 is 0 Å². The zero-order valence-corrected chi connectivity index (χ0v) is 14.0. The molecule has 128 valence electrons.